The Labute approximate surface area is 142 Å². The van der Waals surface area contributed by atoms with Crippen LogP contribution in [0.15, 0.2) is 48.5 Å². The van der Waals surface area contributed by atoms with Gasteiger partial charge in [0.2, 0.25) is 0 Å². The zero-order valence-electron chi connectivity index (χ0n) is 13.3. The Morgan fingerprint density at radius 3 is 2.68 bits per heavy atom. The largest absolute Gasteiger partial charge is 0.345 e. The van der Waals surface area contributed by atoms with E-state index in [2.05, 4.69) is 20.8 Å². The van der Waals surface area contributed by atoms with Crippen LogP contribution in [0.1, 0.15) is 21.7 Å². The third-order valence-electron chi connectivity index (χ3n) is 3.69. The molecule has 0 aliphatic heterocycles. The number of amides is 1. The Morgan fingerprint density at radius 2 is 1.96 bits per heavy atom. The first kappa shape index (κ1) is 16.2. The fraction of sp³-hybridized carbons (Fsp3) is 0.125. The summed E-state index contributed by atoms with van der Waals surface area (Å²) in [5, 5.41) is 25.1. The molecule has 0 bridgehead atoms. The number of nitro benzene ring substituents is 1. The van der Waals surface area contributed by atoms with E-state index in [1.807, 2.05) is 30.3 Å². The number of nitrogens with one attached hydrogen (secondary N) is 1. The number of benzene rings is 2. The molecule has 0 saturated heterocycles. The summed E-state index contributed by atoms with van der Waals surface area (Å²) in [4.78, 5) is 22.8. The Balaban J connectivity index is 1.78. The zero-order valence-corrected chi connectivity index (χ0v) is 13.3. The second-order valence-electron chi connectivity index (χ2n) is 5.23. The molecule has 0 unspecified atom stereocenters. The number of carbonyl (C=O) groups is 1. The van der Waals surface area contributed by atoms with Gasteiger partial charge in [0.15, 0.2) is 5.82 Å². The quantitative estimate of drug-likeness (QED) is 0.560. The van der Waals surface area contributed by atoms with Gasteiger partial charge in [0, 0.05) is 17.2 Å². The van der Waals surface area contributed by atoms with Crippen molar-refractivity contribution >= 4 is 11.6 Å². The number of nitro groups is 1. The summed E-state index contributed by atoms with van der Waals surface area (Å²) in [7, 11) is 0. The molecule has 3 aromatic rings. The predicted octanol–water partition coefficient (Wildman–Crippen LogP) is 1.81. The molecule has 3 rings (SSSR count). The number of rotatable bonds is 5. The summed E-state index contributed by atoms with van der Waals surface area (Å²) in [5.74, 6) is 0.0199. The van der Waals surface area contributed by atoms with Crippen molar-refractivity contribution in [2.75, 3.05) is 0 Å². The molecule has 0 spiro atoms. The molecule has 0 atom stereocenters. The van der Waals surface area contributed by atoms with Crippen molar-refractivity contribution in [1.82, 2.24) is 25.5 Å². The van der Waals surface area contributed by atoms with Crippen LogP contribution in [-0.2, 0) is 6.54 Å². The van der Waals surface area contributed by atoms with E-state index in [1.54, 1.807) is 6.92 Å². The van der Waals surface area contributed by atoms with E-state index >= 15 is 0 Å². The average Bonchev–Trinajstić information content (AvgIpc) is 3.09. The minimum Gasteiger partial charge on any atom is -0.345 e. The van der Waals surface area contributed by atoms with Gasteiger partial charge in [-0.1, -0.05) is 24.3 Å². The Kier molecular flexibility index (Phi) is 4.46. The van der Waals surface area contributed by atoms with Gasteiger partial charge in [-0.3, -0.25) is 14.9 Å². The third-order valence-corrected chi connectivity index (χ3v) is 3.69. The van der Waals surface area contributed by atoms with E-state index in [4.69, 9.17) is 0 Å². The standard InChI is InChI=1S/C16H14N6O3/c1-11-13(8-5-9-14(11)22(24)25)16(23)17-10-15-18-19-20-21(15)12-6-3-2-4-7-12/h2-9H,10H2,1H3,(H,17,23). The lowest BCUT2D eigenvalue weighted by molar-refractivity contribution is -0.385. The van der Waals surface area contributed by atoms with E-state index in [0.717, 1.165) is 5.69 Å². The van der Waals surface area contributed by atoms with Gasteiger partial charge in [-0.05, 0) is 35.5 Å². The van der Waals surface area contributed by atoms with Gasteiger partial charge >= 0.3 is 0 Å². The number of hydrogen-bond donors (Lipinski definition) is 1. The second kappa shape index (κ2) is 6.87. The van der Waals surface area contributed by atoms with Crippen LogP contribution in [-0.4, -0.2) is 31.0 Å². The Morgan fingerprint density at radius 1 is 1.20 bits per heavy atom. The molecule has 1 heterocycles. The van der Waals surface area contributed by atoms with Crippen LogP contribution in [0.4, 0.5) is 5.69 Å². The topological polar surface area (TPSA) is 116 Å². The highest BCUT2D eigenvalue weighted by Crippen LogP contribution is 2.21. The summed E-state index contributed by atoms with van der Waals surface area (Å²) in [6, 6.07) is 13.6. The van der Waals surface area contributed by atoms with Gasteiger partial charge in [0.25, 0.3) is 11.6 Å². The van der Waals surface area contributed by atoms with Crippen LogP contribution in [0, 0.1) is 17.0 Å². The zero-order chi connectivity index (χ0) is 17.8. The van der Waals surface area contributed by atoms with Crippen LogP contribution in [0.2, 0.25) is 0 Å². The highest BCUT2D eigenvalue weighted by molar-refractivity contribution is 5.96. The van der Waals surface area contributed by atoms with E-state index < -0.39 is 10.8 Å². The summed E-state index contributed by atoms with van der Waals surface area (Å²) in [6.45, 7) is 1.63. The van der Waals surface area contributed by atoms with Crippen LogP contribution < -0.4 is 5.32 Å². The summed E-state index contributed by atoms with van der Waals surface area (Å²) in [5.41, 5.74) is 1.23. The molecule has 9 heteroatoms. The molecular weight excluding hydrogens is 324 g/mol. The van der Waals surface area contributed by atoms with Gasteiger partial charge < -0.3 is 5.32 Å². The Bertz CT molecular complexity index is 923. The number of tetrazole rings is 1. The molecular formula is C16H14N6O3. The van der Waals surface area contributed by atoms with Gasteiger partial charge in [0.05, 0.1) is 17.2 Å². The van der Waals surface area contributed by atoms with E-state index in [9.17, 15) is 14.9 Å². The monoisotopic (exact) mass is 338 g/mol. The smallest absolute Gasteiger partial charge is 0.273 e. The van der Waals surface area contributed by atoms with Crippen LogP contribution in [0.25, 0.3) is 5.69 Å². The molecule has 2 aromatic carbocycles. The lowest BCUT2D eigenvalue weighted by Gasteiger charge is -2.08. The van der Waals surface area contributed by atoms with Gasteiger partial charge in [-0.15, -0.1) is 5.10 Å². The molecule has 25 heavy (non-hydrogen) atoms. The van der Waals surface area contributed by atoms with Crippen molar-refractivity contribution in [2.24, 2.45) is 0 Å². The van der Waals surface area contributed by atoms with E-state index in [1.165, 1.54) is 22.9 Å². The van der Waals surface area contributed by atoms with Gasteiger partial charge in [0.1, 0.15) is 0 Å². The number of para-hydroxylation sites is 1. The van der Waals surface area contributed by atoms with Crippen LogP contribution in [0.3, 0.4) is 0 Å². The predicted molar refractivity (Wildman–Crippen MR) is 88.2 cm³/mol. The normalized spacial score (nSPS) is 10.4. The lowest BCUT2D eigenvalue weighted by atomic mass is 10.1. The fourth-order valence-corrected chi connectivity index (χ4v) is 2.41. The van der Waals surface area contributed by atoms with E-state index in [-0.39, 0.29) is 17.8 Å². The lowest BCUT2D eigenvalue weighted by Crippen LogP contribution is -2.25. The maximum Gasteiger partial charge on any atom is 0.273 e. The fourth-order valence-electron chi connectivity index (χ4n) is 2.41. The summed E-state index contributed by atoms with van der Waals surface area (Å²) in [6.07, 6.45) is 0. The van der Waals surface area contributed by atoms with Crippen molar-refractivity contribution in [3.05, 3.63) is 75.6 Å². The minimum atomic E-state index is -0.512. The number of hydrogen-bond acceptors (Lipinski definition) is 6. The van der Waals surface area contributed by atoms with Gasteiger partial charge in [-0.2, -0.15) is 4.68 Å². The number of carbonyl (C=O) groups excluding carboxylic acids is 1. The molecule has 0 fully saturated rings. The summed E-state index contributed by atoms with van der Waals surface area (Å²) < 4.78 is 1.51. The first-order chi connectivity index (χ1) is 12.1. The maximum absolute atomic E-state index is 12.4. The molecule has 9 nitrogen and oxygen atoms in total. The molecule has 0 radical (unpaired) electrons. The molecule has 1 aromatic heterocycles. The highest BCUT2D eigenvalue weighted by Gasteiger charge is 2.18. The molecule has 0 aliphatic carbocycles. The SMILES string of the molecule is Cc1c(C(=O)NCc2nnnn2-c2ccccc2)cccc1[N+](=O)[O-]. The van der Waals surface area contributed by atoms with Crippen LogP contribution >= 0.6 is 0 Å². The van der Waals surface area contributed by atoms with Crippen LogP contribution in [0.5, 0.6) is 0 Å². The van der Waals surface area contributed by atoms with Crippen molar-refractivity contribution in [2.45, 2.75) is 13.5 Å². The number of nitrogens with zero attached hydrogens (tertiary/aromatic N) is 5. The van der Waals surface area contributed by atoms with E-state index in [0.29, 0.717) is 11.4 Å². The first-order valence-corrected chi connectivity index (χ1v) is 7.43. The van der Waals surface area contributed by atoms with Gasteiger partial charge in [-0.25, -0.2) is 0 Å². The molecule has 1 amide bonds. The van der Waals surface area contributed by atoms with Crippen molar-refractivity contribution in [3.8, 4) is 5.69 Å². The first-order valence-electron chi connectivity index (χ1n) is 7.43. The molecule has 1 N–H and O–H groups in total. The van der Waals surface area contributed by atoms with Crippen molar-refractivity contribution in [3.63, 3.8) is 0 Å². The number of aromatic nitrogens is 4. The third kappa shape index (κ3) is 3.34. The Hall–Kier alpha value is -3.62. The second-order valence-corrected chi connectivity index (χ2v) is 5.23. The minimum absolute atomic E-state index is 0.0862. The highest BCUT2D eigenvalue weighted by atomic mass is 16.6. The summed E-state index contributed by atoms with van der Waals surface area (Å²) >= 11 is 0. The average molecular weight is 338 g/mol. The van der Waals surface area contributed by atoms with Crippen molar-refractivity contribution in [1.29, 1.82) is 0 Å². The molecule has 126 valence electrons. The molecule has 0 saturated carbocycles. The van der Waals surface area contributed by atoms with Crippen molar-refractivity contribution < 1.29 is 9.72 Å². The maximum atomic E-state index is 12.4. The molecule has 0 aliphatic rings.